The highest BCUT2D eigenvalue weighted by atomic mass is 16.5. The van der Waals surface area contributed by atoms with Gasteiger partial charge in [0, 0.05) is 0 Å². The average Bonchev–Trinajstić information content (AvgIpc) is 2.82. The number of carbonyl (C=O) groups is 2. The Labute approximate surface area is 186 Å². The number of aryl methyl sites for hydroxylation is 1. The second-order valence-electron chi connectivity index (χ2n) is 7.00. The van der Waals surface area contributed by atoms with E-state index in [0.29, 0.717) is 17.9 Å². The van der Waals surface area contributed by atoms with Crippen LogP contribution in [0.15, 0.2) is 78.4 Å². The normalized spacial score (nSPS) is 10.7. The SMILES string of the molecule is COC(=O)c1ccccc1NC(=O)C(C#N)=Cc1ccc(OCc2ccc(C)cc2)cc1. The number of nitrogens with one attached hydrogen (secondary N) is 1. The molecule has 3 aromatic rings. The maximum atomic E-state index is 12.6. The van der Waals surface area contributed by atoms with Gasteiger partial charge in [-0.3, -0.25) is 4.79 Å². The zero-order valence-corrected chi connectivity index (χ0v) is 17.8. The number of nitrogens with zero attached hydrogens (tertiary/aromatic N) is 1. The Bertz CT molecular complexity index is 1170. The maximum Gasteiger partial charge on any atom is 0.339 e. The smallest absolute Gasteiger partial charge is 0.339 e. The Kier molecular flexibility index (Phi) is 7.39. The minimum atomic E-state index is -0.622. The van der Waals surface area contributed by atoms with Gasteiger partial charge in [-0.15, -0.1) is 0 Å². The number of para-hydroxylation sites is 1. The van der Waals surface area contributed by atoms with Gasteiger partial charge in [-0.25, -0.2) is 4.79 Å². The van der Waals surface area contributed by atoms with Gasteiger partial charge < -0.3 is 14.8 Å². The number of ether oxygens (including phenoxy) is 2. The van der Waals surface area contributed by atoms with Gasteiger partial charge in [-0.2, -0.15) is 5.26 Å². The zero-order chi connectivity index (χ0) is 22.9. The van der Waals surface area contributed by atoms with Gasteiger partial charge in [0.05, 0.1) is 18.4 Å². The number of methoxy groups -OCH3 is 1. The van der Waals surface area contributed by atoms with Gasteiger partial charge in [-0.1, -0.05) is 54.1 Å². The number of hydrogen-bond donors (Lipinski definition) is 1. The number of rotatable bonds is 7. The predicted molar refractivity (Wildman–Crippen MR) is 122 cm³/mol. The van der Waals surface area contributed by atoms with Crippen LogP contribution in [0, 0.1) is 18.3 Å². The molecule has 160 valence electrons. The Hall–Kier alpha value is -4.37. The molecule has 0 saturated carbocycles. The molecule has 0 aliphatic rings. The topological polar surface area (TPSA) is 88.4 Å². The van der Waals surface area contributed by atoms with Crippen molar-refractivity contribution in [2.24, 2.45) is 0 Å². The molecule has 0 heterocycles. The standard InChI is InChI=1S/C26H22N2O4/c1-18-7-9-20(10-8-18)17-32-22-13-11-19(12-14-22)15-21(16-27)25(29)28-24-6-4-3-5-23(24)26(30)31-2/h3-15H,17H2,1-2H3,(H,28,29). The highest BCUT2D eigenvalue weighted by molar-refractivity contribution is 6.11. The molecule has 0 aliphatic carbocycles. The molecule has 0 fully saturated rings. The van der Waals surface area contributed by atoms with Crippen molar-refractivity contribution in [2.75, 3.05) is 12.4 Å². The lowest BCUT2D eigenvalue weighted by molar-refractivity contribution is -0.112. The van der Waals surface area contributed by atoms with Crippen molar-refractivity contribution in [1.29, 1.82) is 5.26 Å². The van der Waals surface area contributed by atoms with Crippen LogP contribution in [0.3, 0.4) is 0 Å². The van der Waals surface area contributed by atoms with E-state index in [-0.39, 0.29) is 16.8 Å². The summed E-state index contributed by atoms with van der Waals surface area (Å²) >= 11 is 0. The summed E-state index contributed by atoms with van der Waals surface area (Å²) in [5.41, 5.74) is 3.30. The summed E-state index contributed by atoms with van der Waals surface area (Å²) in [7, 11) is 1.26. The summed E-state index contributed by atoms with van der Waals surface area (Å²) in [6.45, 7) is 2.48. The molecule has 6 heteroatoms. The van der Waals surface area contributed by atoms with Crippen LogP contribution in [0.25, 0.3) is 6.08 Å². The fraction of sp³-hybridized carbons (Fsp3) is 0.115. The molecule has 0 atom stereocenters. The Morgan fingerprint density at radius 3 is 2.34 bits per heavy atom. The van der Waals surface area contributed by atoms with Crippen molar-refractivity contribution in [3.05, 3.63) is 101 Å². The maximum absolute atomic E-state index is 12.6. The Morgan fingerprint density at radius 1 is 1.00 bits per heavy atom. The van der Waals surface area contributed by atoms with E-state index < -0.39 is 11.9 Å². The molecule has 0 aromatic heterocycles. The van der Waals surface area contributed by atoms with E-state index in [1.165, 1.54) is 24.8 Å². The molecule has 0 bridgehead atoms. The third-order valence-corrected chi connectivity index (χ3v) is 4.66. The van der Waals surface area contributed by atoms with E-state index in [0.717, 1.165) is 5.56 Å². The van der Waals surface area contributed by atoms with E-state index in [1.807, 2.05) is 37.3 Å². The van der Waals surface area contributed by atoms with Gasteiger partial charge >= 0.3 is 5.97 Å². The summed E-state index contributed by atoms with van der Waals surface area (Å²) in [6, 6.07) is 23.5. The highest BCUT2D eigenvalue weighted by Gasteiger charge is 2.15. The first-order valence-electron chi connectivity index (χ1n) is 9.89. The van der Waals surface area contributed by atoms with Crippen LogP contribution >= 0.6 is 0 Å². The van der Waals surface area contributed by atoms with Crippen LogP contribution in [0.1, 0.15) is 27.0 Å². The monoisotopic (exact) mass is 426 g/mol. The van der Waals surface area contributed by atoms with Crippen molar-refractivity contribution >= 4 is 23.6 Å². The lowest BCUT2D eigenvalue weighted by Crippen LogP contribution is -2.16. The first-order chi connectivity index (χ1) is 15.5. The van der Waals surface area contributed by atoms with E-state index >= 15 is 0 Å². The molecule has 1 N–H and O–H groups in total. The number of nitriles is 1. The van der Waals surface area contributed by atoms with E-state index in [2.05, 4.69) is 5.32 Å². The molecule has 0 unspecified atom stereocenters. The molecule has 0 saturated heterocycles. The molecule has 0 aliphatic heterocycles. The largest absolute Gasteiger partial charge is 0.489 e. The number of hydrogen-bond acceptors (Lipinski definition) is 5. The lowest BCUT2D eigenvalue weighted by Gasteiger charge is -2.09. The van der Waals surface area contributed by atoms with Crippen LogP contribution < -0.4 is 10.1 Å². The quantitative estimate of drug-likeness (QED) is 0.330. The molecule has 3 aromatic carbocycles. The van der Waals surface area contributed by atoms with Crippen molar-refractivity contribution in [3.63, 3.8) is 0 Å². The molecule has 0 radical (unpaired) electrons. The molecule has 6 nitrogen and oxygen atoms in total. The molecule has 3 rings (SSSR count). The first-order valence-corrected chi connectivity index (χ1v) is 9.89. The molecule has 1 amide bonds. The minimum Gasteiger partial charge on any atom is -0.489 e. The van der Waals surface area contributed by atoms with Crippen molar-refractivity contribution in [1.82, 2.24) is 0 Å². The van der Waals surface area contributed by atoms with Gasteiger partial charge in [0.25, 0.3) is 5.91 Å². The van der Waals surface area contributed by atoms with Gasteiger partial charge in [0.1, 0.15) is 24.0 Å². The molecule has 32 heavy (non-hydrogen) atoms. The van der Waals surface area contributed by atoms with Crippen LogP contribution in [0.5, 0.6) is 5.75 Å². The van der Waals surface area contributed by atoms with E-state index in [4.69, 9.17) is 9.47 Å². The average molecular weight is 426 g/mol. The van der Waals surface area contributed by atoms with E-state index in [1.54, 1.807) is 42.5 Å². The predicted octanol–water partition coefficient (Wildman–Crippen LogP) is 4.91. The molecular weight excluding hydrogens is 404 g/mol. The third-order valence-electron chi connectivity index (χ3n) is 4.66. The zero-order valence-electron chi connectivity index (χ0n) is 17.8. The van der Waals surface area contributed by atoms with Crippen molar-refractivity contribution < 1.29 is 19.1 Å². The first kappa shape index (κ1) is 22.3. The fourth-order valence-corrected chi connectivity index (χ4v) is 2.90. The Balaban J connectivity index is 1.68. The number of esters is 1. The number of anilines is 1. The van der Waals surface area contributed by atoms with Gasteiger partial charge in [0.15, 0.2) is 0 Å². The van der Waals surface area contributed by atoms with Crippen LogP contribution in [-0.2, 0) is 16.1 Å². The molecular formula is C26H22N2O4. The van der Waals surface area contributed by atoms with Crippen molar-refractivity contribution in [2.45, 2.75) is 13.5 Å². The van der Waals surface area contributed by atoms with Crippen LogP contribution in [0.2, 0.25) is 0 Å². The summed E-state index contributed by atoms with van der Waals surface area (Å²) in [5.74, 6) is -0.522. The van der Waals surface area contributed by atoms with E-state index in [9.17, 15) is 14.9 Å². The summed E-state index contributed by atoms with van der Waals surface area (Å²) < 4.78 is 10.5. The molecule has 0 spiro atoms. The highest BCUT2D eigenvalue weighted by Crippen LogP contribution is 2.19. The summed E-state index contributed by atoms with van der Waals surface area (Å²) in [6.07, 6.45) is 1.47. The van der Waals surface area contributed by atoms with Crippen LogP contribution in [-0.4, -0.2) is 19.0 Å². The van der Waals surface area contributed by atoms with Crippen LogP contribution in [0.4, 0.5) is 5.69 Å². The Morgan fingerprint density at radius 2 is 1.69 bits per heavy atom. The number of benzene rings is 3. The summed E-state index contributed by atoms with van der Waals surface area (Å²) in [4.78, 5) is 24.5. The third kappa shape index (κ3) is 5.83. The second-order valence-corrected chi connectivity index (χ2v) is 7.00. The van der Waals surface area contributed by atoms with Gasteiger partial charge in [-0.05, 0) is 48.4 Å². The van der Waals surface area contributed by atoms with Gasteiger partial charge in [0.2, 0.25) is 0 Å². The lowest BCUT2D eigenvalue weighted by atomic mass is 10.1. The number of carbonyl (C=O) groups excluding carboxylic acids is 2. The second kappa shape index (κ2) is 10.6. The number of amides is 1. The minimum absolute atomic E-state index is 0.0991. The van der Waals surface area contributed by atoms with Crippen molar-refractivity contribution in [3.8, 4) is 11.8 Å². The fourth-order valence-electron chi connectivity index (χ4n) is 2.90. The summed E-state index contributed by atoms with van der Waals surface area (Å²) in [5, 5.41) is 12.0.